The number of phenols is 2. The topological polar surface area (TPSA) is 148 Å². The van der Waals surface area contributed by atoms with Gasteiger partial charge in [-0.25, -0.2) is 0 Å². The lowest BCUT2D eigenvalue weighted by Gasteiger charge is -2.09. The van der Waals surface area contributed by atoms with Crippen LogP contribution in [0.25, 0.3) is 12.2 Å². The van der Waals surface area contributed by atoms with Crippen LogP contribution in [0.3, 0.4) is 0 Å². The van der Waals surface area contributed by atoms with E-state index in [1.165, 1.54) is 40.6 Å². The molecule has 0 spiro atoms. The Balaban J connectivity index is 1.56. The quantitative estimate of drug-likeness (QED) is 0.146. The second-order valence-corrected chi connectivity index (χ2v) is 8.61. The van der Waals surface area contributed by atoms with Gasteiger partial charge < -0.3 is 45.1 Å². The molecular formula is C29H39N3O8. The number of methoxy groups -OCH3 is 4. The Morgan fingerprint density at radius 1 is 0.625 bits per heavy atom. The average molecular weight is 558 g/mol. The highest BCUT2D eigenvalue weighted by Gasteiger charge is 2.11. The maximum atomic E-state index is 12.1. The Morgan fingerprint density at radius 3 is 1.38 bits per heavy atom. The molecule has 0 radical (unpaired) electrons. The standard InChI is InChI=1S/C29H39N3O8/c1-37-22-16-20(17-23(38-2)28(22)35)8-10-26(33)31-14-6-5-12-30-13-7-15-32-27(34)11-9-21-18-24(39-3)29(36)25(19-21)40-4/h8-11,16-19,30,35-36H,5-7,12-15H2,1-4H3,(H,31,33)(H,32,34)/b10-8+,11-9+. The van der Waals surface area contributed by atoms with Gasteiger partial charge in [0.1, 0.15) is 0 Å². The molecule has 0 bridgehead atoms. The van der Waals surface area contributed by atoms with Crippen LogP contribution in [-0.4, -0.2) is 76.6 Å². The Morgan fingerprint density at radius 2 is 0.975 bits per heavy atom. The monoisotopic (exact) mass is 557 g/mol. The van der Waals surface area contributed by atoms with Gasteiger partial charge in [-0.2, -0.15) is 0 Å². The summed E-state index contributed by atoms with van der Waals surface area (Å²) < 4.78 is 20.5. The van der Waals surface area contributed by atoms with Crippen LogP contribution in [0, 0.1) is 0 Å². The van der Waals surface area contributed by atoms with E-state index in [-0.39, 0.29) is 46.3 Å². The maximum Gasteiger partial charge on any atom is 0.243 e. The van der Waals surface area contributed by atoms with Crippen molar-refractivity contribution in [3.05, 3.63) is 47.5 Å². The minimum Gasteiger partial charge on any atom is -0.502 e. The molecule has 0 fully saturated rings. The van der Waals surface area contributed by atoms with Gasteiger partial charge in [0, 0.05) is 25.2 Å². The predicted molar refractivity (Wildman–Crippen MR) is 153 cm³/mol. The number of carbonyl (C=O) groups excluding carboxylic acids is 2. The number of nitrogens with one attached hydrogen (secondary N) is 3. The van der Waals surface area contributed by atoms with Crippen LogP contribution < -0.4 is 34.9 Å². The molecule has 11 heteroatoms. The van der Waals surface area contributed by atoms with Crippen LogP contribution in [0.2, 0.25) is 0 Å². The number of hydrogen-bond acceptors (Lipinski definition) is 9. The second kappa shape index (κ2) is 17.3. The maximum absolute atomic E-state index is 12.1. The summed E-state index contributed by atoms with van der Waals surface area (Å²) in [5.74, 6) is 0.431. The lowest BCUT2D eigenvalue weighted by molar-refractivity contribution is -0.117. The van der Waals surface area contributed by atoms with Gasteiger partial charge >= 0.3 is 0 Å². The summed E-state index contributed by atoms with van der Waals surface area (Å²) >= 11 is 0. The number of aromatic hydroxyl groups is 2. The Hall–Kier alpha value is -4.38. The van der Waals surface area contributed by atoms with Crippen LogP contribution >= 0.6 is 0 Å². The molecule has 40 heavy (non-hydrogen) atoms. The minimum absolute atomic E-state index is 0.0903. The molecule has 5 N–H and O–H groups in total. The number of unbranched alkanes of at least 4 members (excludes halogenated alkanes) is 1. The summed E-state index contributed by atoms with van der Waals surface area (Å²) in [4.78, 5) is 24.1. The zero-order chi connectivity index (χ0) is 29.3. The van der Waals surface area contributed by atoms with E-state index in [0.29, 0.717) is 24.2 Å². The summed E-state index contributed by atoms with van der Waals surface area (Å²) in [6.07, 6.45) is 8.57. The molecule has 0 saturated heterocycles. The summed E-state index contributed by atoms with van der Waals surface area (Å²) in [6.45, 7) is 2.63. The number of benzene rings is 2. The third-order valence-corrected chi connectivity index (χ3v) is 5.77. The zero-order valence-electron chi connectivity index (χ0n) is 23.4. The molecule has 0 heterocycles. The van der Waals surface area contributed by atoms with Crippen molar-refractivity contribution in [2.24, 2.45) is 0 Å². The van der Waals surface area contributed by atoms with Gasteiger partial charge in [-0.3, -0.25) is 9.59 Å². The molecule has 0 aliphatic carbocycles. The number of phenolic OH excluding ortho intramolecular Hbond substituents is 2. The lowest BCUT2D eigenvalue weighted by atomic mass is 10.1. The van der Waals surface area contributed by atoms with E-state index in [1.807, 2.05) is 0 Å². The van der Waals surface area contributed by atoms with Crippen LogP contribution in [0.15, 0.2) is 36.4 Å². The van der Waals surface area contributed by atoms with E-state index in [2.05, 4.69) is 16.0 Å². The van der Waals surface area contributed by atoms with Crippen molar-refractivity contribution in [2.75, 3.05) is 54.6 Å². The fourth-order valence-corrected chi connectivity index (χ4v) is 3.62. The Kier molecular flexibility index (Phi) is 13.7. The fourth-order valence-electron chi connectivity index (χ4n) is 3.62. The lowest BCUT2D eigenvalue weighted by Crippen LogP contribution is -2.27. The van der Waals surface area contributed by atoms with Gasteiger partial charge in [-0.1, -0.05) is 0 Å². The van der Waals surface area contributed by atoms with E-state index < -0.39 is 0 Å². The van der Waals surface area contributed by atoms with E-state index >= 15 is 0 Å². The van der Waals surface area contributed by atoms with Crippen molar-refractivity contribution in [3.63, 3.8) is 0 Å². The second-order valence-electron chi connectivity index (χ2n) is 8.61. The van der Waals surface area contributed by atoms with Gasteiger partial charge in [-0.05, 0) is 79.9 Å². The average Bonchev–Trinajstić information content (AvgIpc) is 2.96. The third kappa shape index (κ3) is 10.4. The summed E-state index contributed by atoms with van der Waals surface area (Å²) in [7, 11) is 5.77. The van der Waals surface area contributed by atoms with E-state index in [0.717, 1.165) is 32.4 Å². The van der Waals surface area contributed by atoms with Crippen molar-refractivity contribution in [1.82, 2.24) is 16.0 Å². The molecule has 2 amide bonds. The van der Waals surface area contributed by atoms with Crippen LogP contribution in [0.1, 0.15) is 30.4 Å². The normalized spacial score (nSPS) is 11.0. The number of amides is 2. The summed E-state index contributed by atoms with van der Waals surface area (Å²) in [6, 6.07) is 6.45. The molecule has 2 aromatic carbocycles. The largest absolute Gasteiger partial charge is 0.502 e. The van der Waals surface area contributed by atoms with E-state index in [1.54, 1.807) is 36.4 Å². The number of ether oxygens (including phenoxy) is 4. The molecule has 218 valence electrons. The first-order valence-electron chi connectivity index (χ1n) is 12.8. The Labute approximate surface area is 234 Å². The number of carbonyl (C=O) groups is 2. The molecule has 0 atom stereocenters. The van der Waals surface area contributed by atoms with Crippen LogP contribution in [0.5, 0.6) is 34.5 Å². The predicted octanol–water partition coefficient (Wildman–Crippen LogP) is 2.85. The highest BCUT2D eigenvalue weighted by atomic mass is 16.5. The molecule has 2 rings (SSSR count). The number of hydrogen-bond donors (Lipinski definition) is 5. The SMILES string of the molecule is COc1cc(/C=C/C(=O)NCCCCNCCCNC(=O)/C=C/c2cc(OC)c(O)c(OC)c2)cc(OC)c1O. The number of rotatable bonds is 17. The zero-order valence-corrected chi connectivity index (χ0v) is 23.4. The van der Waals surface area contributed by atoms with Gasteiger partial charge in [0.05, 0.1) is 28.4 Å². The Bertz CT molecular complexity index is 1040. The van der Waals surface area contributed by atoms with Gasteiger partial charge in [-0.15, -0.1) is 0 Å². The van der Waals surface area contributed by atoms with E-state index in [9.17, 15) is 19.8 Å². The minimum atomic E-state index is -0.223. The van der Waals surface area contributed by atoms with Crippen molar-refractivity contribution >= 4 is 24.0 Å². The first kappa shape index (κ1) is 31.8. The first-order valence-corrected chi connectivity index (χ1v) is 12.8. The molecular weight excluding hydrogens is 518 g/mol. The summed E-state index contributed by atoms with van der Waals surface area (Å²) in [5, 5.41) is 28.9. The molecule has 0 aromatic heterocycles. The van der Waals surface area contributed by atoms with Crippen molar-refractivity contribution in [3.8, 4) is 34.5 Å². The highest BCUT2D eigenvalue weighted by molar-refractivity contribution is 5.92. The van der Waals surface area contributed by atoms with Crippen LogP contribution in [-0.2, 0) is 9.59 Å². The fraction of sp³-hybridized carbons (Fsp3) is 0.379. The molecule has 0 saturated carbocycles. The first-order chi connectivity index (χ1) is 19.3. The summed E-state index contributed by atoms with van der Waals surface area (Å²) in [5.41, 5.74) is 1.32. The smallest absolute Gasteiger partial charge is 0.243 e. The molecule has 11 nitrogen and oxygen atoms in total. The molecule has 2 aromatic rings. The molecule has 0 unspecified atom stereocenters. The van der Waals surface area contributed by atoms with Crippen molar-refractivity contribution in [1.29, 1.82) is 0 Å². The third-order valence-electron chi connectivity index (χ3n) is 5.77. The molecule has 0 aliphatic heterocycles. The van der Waals surface area contributed by atoms with Gasteiger partial charge in [0.15, 0.2) is 23.0 Å². The molecule has 0 aliphatic rings. The van der Waals surface area contributed by atoms with Crippen molar-refractivity contribution < 1.29 is 38.7 Å². The van der Waals surface area contributed by atoms with Gasteiger partial charge in [0.2, 0.25) is 23.3 Å². The van der Waals surface area contributed by atoms with E-state index in [4.69, 9.17) is 18.9 Å². The van der Waals surface area contributed by atoms with Gasteiger partial charge in [0.25, 0.3) is 0 Å². The van der Waals surface area contributed by atoms with Crippen molar-refractivity contribution in [2.45, 2.75) is 19.3 Å². The van der Waals surface area contributed by atoms with Crippen LogP contribution in [0.4, 0.5) is 0 Å². The highest BCUT2D eigenvalue weighted by Crippen LogP contribution is 2.38.